The molecule has 26 heavy (non-hydrogen) atoms. The highest BCUT2D eigenvalue weighted by molar-refractivity contribution is 9.10. The first-order valence-electron chi connectivity index (χ1n) is 9.17. The predicted octanol–water partition coefficient (Wildman–Crippen LogP) is 2.99. The normalized spacial score (nSPS) is 23.5. The van der Waals surface area contributed by atoms with E-state index in [0.29, 0.717) is 6.04 Å². The fourth-order valence-corrected chi connectivity index (χ4v) is 4.61. The number of aromatic nitrogens is 4. The van der Waals surface area contributed by atoms with E-state index in [1.807, 2.05) is 6.07 Å². The Bertz CT molecular complexity index is 908. The van der Waals surface area contributed by atoms with E-state index in [0.717, 1.165) is 41.5 Å². The van der Waals surface area contributed by atoms with Crippen LogP contribution in [0, 0.1) is 5.92 Å². The first kappa shape index (κ1) is 16.2. The lowest BCUT2D eigenvalue weighted by atomic mass is 9.92. The standard InChI is InChI=1S/C19H21BrN6/c20-16-3-1-14(2-4-16)11-24-9-7-15-8-10-25(12-17(15)24)19-6-5-18-22-21-13-26(18)23-19/h1-6,13,15,17H,7-12H2. The summed E-state index contributed by atoms with van der Waals surface area (Å²) in [6.45, 7) is 4.34. The van der Waals surface area contributed by atoms with E-state index in [9.17, 15) is 0 Å². The number of hydrogen-bond acceptors (Lipinski definition) is 5. The molecule has 7 heteroatoms. The highest BCUT2D eigenvalue weighted by atomic mass is 79.9. The average molecular weight is 413 g/mol. The minimum Gasteiger partial charge on any atom is -0.354 e. The molecule has 0 N–H and O–H groups in total. The summed E-state index contributed by atoms with van der Waals surface area (Å²) < 4.78 is 2.90. The molecule has 134 valence electrons. The van der Waals surface area contributed by atoms with Gasteiger partial charge in [-0.15, -0.1) is 15.3 Å². The van der Waals surface area contributed by atoms with Gasteiger partial charge in [0.05, 0.1) is 0 Å². The van der Waals surface area contributed by atoms with Crippen LogP contribution in [0.4, 0.5) is 5.82 Å². The number of hydrogen-bond donors (Lipinski definition) is 0. The minimum atomic E-state index is 0.603. The molecule has 0 saturated carbocycles. The maximum absolute atomic E-state index is 4.69. The monoisotopic (exact) mass is 412 g/mol. The quantitative estimate of drug-likeness (QED) is 0.661. The topological polar surface area (TPSA) is 49.6 Å². The lowest BCUT2D eigenvalue weighted by Gasteiger charge is -2.39. The molecule has 2 atom stereocenters. The second-order valence-electron chi connectivity index (χ2n) is 7.27. The molecule has 0 amide bonds. The van der Waals surface area contributed by atoms with Crippen molar-refractivity contribution in [1.82, 2.24) is 24.7 Å². The van der Waals surface area contributed by atoms with Crippen molar-refractivity contribution in [1.29, 1.82) is 0 Å². The fraction of sp³-hybridized carbons (Fsp3) is 0.421. The van der Waals surface area contributed by atoms with Crippen molar-refractivity contribution in [2.75, 3.05) is 24.5 Å². The molecular weight excluding hydrogens is 392 g/mol. The first-order valence-corrected chi connectivity index (χ1v) is 9.96. The van der Waals surface area contributed by atoms with Gasteiger partial charge >= 0.3 is 0 Å². The van der Waals surface area contributed by atoms with Crippen molar-refractivity contribution in [3.63, 3.8) is 0 Å². The Kier molecular flexibility index (Phi) is 4.13. The van der Waals surface area contributed by atoms with Crippen molar-refractivity contribution in [2.45, 2.75) is 25.4 Å². The van der Waals surface area contributed by atoms with Crippen molar-refractivity contribution in [3.05, 3.63) is 52.8 Å². The van der Waals surface area contributed by atoms with Gasteiger partial charge in [0, 0.05) is 30.1 Å². The number of anilines is 1. The Hall–Kier alpha value is -1.99. The van der Waals surface area contributed by atoms with Gasteiger partial charge in [-0.3, -0.25) is 4.90 Å². The highest BCUT2D eigenvalue weighted by Gasteiger charge is 2.38. The number of rotatable bonds is 3. The average Bonchev–Trinajstić information content (AvgIpc) is 3.29. The molecule has 4 heterocycles. The van der Waals surface area contributed by atoms with Crippen LogP contribution in [0.25, 0.3) is 5.65 Å². The summed E-state index contributed by atoms with van der Waals surface area (Å²) in [5.41, 5.74) is 2.18. The number of piperidine rings is 1. The molecule has 2 fully saturated rings. The lowest BCUT2D eigenvalue weighted by Crippen LogP contribution is -2.48. The van der Waals surface area contributed by atoms with Gasteiger partial charge in [0.25, 0.3) is 0 Å². The third-order valence-corrected chi connectivity index (χ3v) is 6.28. The van der Waals surface area contributed by atoms with Gasteiger partial charge in [-0.1, -0.05) is 28.1 Å². The first-order chi connectivity index (χ1) is 12.8. The van der Waals surface area contributed by atoms with E-state index in [4.69, 9.17) is 0 Å². The number of fused-ring (bicyclic) bond motifs is 2. The maximum Gasteiger partial charge on any atom is 0.177 e. The van der Waals surface area contributed by atoms with E-state index >= 15 is 0 Å². The van der Waals surface area contributed by atoms with Gasteiger partial charge < -0.3 is 4.90 Å². The van der Waals surface area contributed by atoms with Crippen molar-refractivity contribution in [2.24, 2.45) is 5.92 Å². The third kappa shape index (κ3) is 2.99. The summed E-state index contributed by atoms with van der Waals surface area (Å²) in [4.78, 5) is 5.07. The largest absolute Gasteiger partial charge is 0.354 e. The Balaban J connectivity index is 1.34. The molecule has 0 aliphatic carbocycles. The van der Waals surface area contributed by atoms with E-state index in [1.165, 1.54) is 24.9 Å². The molecule has 0 bridgehead atoms. The Labute approximate surface area is 160 Å². The molecule has 6 nitrogen and oxygen atoms in total. The minimum absolute atomic E-state index is 0.603. The molecule has 2 unspecified atom stereocenters. The van der Waals surface area contributed by atoms with Crippen LogP contribution in [0.1, 0.15) is 18.4 Å². The fourth-order valence-electron chi connectivity index (χ4n) is 4.34. The van der Waals surface area contributed by atoms with E-state index < -0.39 is 0 Å². The number of benzene rings is 1. The summed E-state index contributed by atoms with van der Waals surface area (Å²) in [5.74, 6) is 1.83. The van der Waals surface area contributed by atoms with Gasteiger partial charge in [-0.2, -0.15) is 4.52 Å². The summed E-state index contributed by atoms with van der Waals surface area (Å²) in [6, 6.07) is 13.4. The molecular formula is C19H21BrN6. The van der Waals surface area contributed by atoms with Gasteiger partial charge in [-0.25, -0.2) is 0 Å². The zero-order chi connectivity index (χ0) is 17.5. The van der Waals surface area contributed by atoms with Gasteiger partial charge in [0.15, 0.2) is 5.65 Å². The summed E-state index contributed by atoms with van der Waals surface area (Å²) in [6.07, 6.45) is 4.22. The predicted molar refractivity (Wildman–Crippen MR) is 104 cm³/mol. The van der Waals surface area contributed by atoms with Crippen LogP contribution < -0.4 is 4.90 Å². The van der Waals surface area contributed by atoms with Crippen LogP contribution in [-0.2, 0) is 6.54 Å². The van der Waals surface area contributed by atoms with Crippen molar-refractivity contribution >= 4 is 27.4 Å². The zero-order valence-corrected chi connectivity index (χ0v) is 16.1. The SMILES string of the molecule is Brc1ccc(CN2CCC3CCN(c4ccc5nncn5n4)CC32)cc1. The highest BCUT2D eigenvalue weighted by Crippen LogP contribution is 2.34. The van der Waals surface area contributed by atoms with Crippen LogP contribution in [0.15, 0.2) is 47.2 Å². The zero-order valence-electron chi connectivity index (χ0n) is 14.5. The third-order valence-electron chi connectivity index (χ3n) is 5.75. The second-order valence-corrected chi connectivity index (χ2v) is 8.19. The number of halogens is 1. The Morgan fingerprint density at radius 2 is 1.88 bits per heavy atom. The van der Waals surface area contributed by atoms with E-state index in [-0.39, 0.29) is 0 Å². The Morgan fingerprint density at radius 1 is 1.04 bits per heavy atom. The maximum atomic E-state index is 4.69. The van der Waals surface area contributed by atoms with Gasteiger partial charge in [0.1, 0.15) is 12.1 Å². The molecule has 2 aliphatic rings. The smallest absolute Gasteiger partial charge is 0.177 e. The second kappa shape index (κ2) is 6.63. The molecule has 2 aliphatic heterocycles. The van der Waals surface area contributed by atoms with E-state index in [2.05, 4.69) is 71.4 Å². The number of likely N-dealkylation sites (tertiary alicyclic amines) is 1. The van der Waals surface area contributed by atoms with Gasteiger partial charge in [-0.05, 0) is 55.1 Å². The number of nitrogens with zero attached hydrogens (tertiary/aromatic N) is 6. The summed E-state index contributed by atoms with van der Waals surface area (Å²) >= 11 is 3.52. The summed E-state index contributed by atoms with van der Waals surface area (Å²) in [7, 11) is 0. The van der Waals surface area contributed by atoms with Crippen LogP contribution in [0.2, 0.25) is 0 Å². The molecule has 2 aromatic heterocycles. The molecule has 2 saturated heterocycles. The summed E-state index contributed by atoms with van der Waals surface area (Å²) in [5, 5.41) is 12.7. The van der Waals surface area contributed by atoms with Crippen LogP contribution in [0.5, 0.6) is 0 Å². The molecule has 5 rings (SSSR count). The molecule has 0 radical (unpaired) electrons. The van der Waals surface area contributed by atoms with Crippen LogP contribution in [-0.4, -0.2) is 50.4 Å². The van der Waals surface area contributed by atoms with Crippen LogP contribution >= 0.6 is 15.9 Å². The van der Waals surface area contributed by atoms with E-state index in [1.54, 1.807) is 10.8 Å². The van der Waals surface area contributed by atoms with Crippen molar-refractivity contribution < 1.29 is 0 Å². The Morgan fingerprint density at radius 3 is 2.77 bits per heavy atom. The molecule has 3 aromatic rings. The molecule has 0 spiro atoms. The molecule has 1 aromatic carbocycles. The van der Waals surface area contributed by atoms with Gasteiger partial charge in [0.2, 0.25) is 0 Å². The van der Waals surface area contributed by atoms with Crippen molar-refractivity contribution in [3.8, 4) is 0 Å². The van der Waals surface area contributed by atoms with Crippen LogP contribution in [0.3, 0.4) is 0 Å². The lowest BCUT2D eigenvalue weighted by molar-refractivity contribution is 0.200.